The molecule has 0 aliphatic carbocycles. The molecule has 0 spiro atoms. The SMILES string of the molecule is Cln1ccc(Cc2ccccc2)n1. The predicted molar refractivity (Wildman–Crippen MR) is 52.7 cm³/mol. The topological polar surface area (TPSA) is 17.8 Å². The molecular weight excluding hydrogens is 184 g/mol. The van der Waals surface area contributed by atoms with E-state index in [1.165, 1.54) is 9.76 Å². The van der Waals surface area contributed by atoms with E-state index < -0.39 is 0 Å². The van der Waals surface area contributed by atoms with Crippen LogP contribution in [0.5, 0.6) is 0 Å². The molecule has 0 saturated heterocycles. The normalized spacial score (nSPS) is 10.2. The maximum Gasteiger partial charge on any atom is 0.0683 e. The van der Waals surface area contributed by atoms with Crippen molar-refractivity contribution in [3.63, 3.8) is 0 Å². The van der Waals surface area contributed by atoms with Crippen molar-refractivity contribution in [3.8, 4) is 0 Å². The lowest BCUT2D eigenvalue weighted by atomic mass is 10.1. The summed E-state index contributed by atoms with van der Waals surface area (Å²) in [5.74, 6) is 0. The Morgan fingerprint density at radius 1 is 1.15 bits per heavy atom. The van der Waals surface area contributed by atoms with Crippen LogP contribution >= 0.6 is 11.8 Å². The van der Waals surface area contributed by atoms with Gasteiger partial charge in [-0.15, -0.1) is 0 Å². The van der Waals surface area contributed by atoms with Crippen LogP contribution in [0.2, 0.25) is 0 Å². The molecule has 3 heteroatoms. The minimum absolute atomic E-state index is 0.834. The van der Waals surface area contributed by atoms with Gasteiger partial charge in [-0.05, 0) is 11.6 Å². The molecule has 0 amide bonds. The van der Waals surface area contributed by atoms with Crippen LogP contribution in [-0.4, -0.2) is 9.30 Å². The molecule has 1 aromatic carbocycles. The molecule has 13 heavy (non-hydrogen) atoms. The van der Waals surface area contributed by atoms with E-state index in [2.05, 4.69) is 17.2 Å². The molecule has 2 aromatic rings. The first-order valence-corrected chi connectivity index (χ1v) is 4.43. The largest absolute Gasteiger partial charge is 0.180 e. The van der Waals surface area contributed by atoms with Crippen molar-refractivity contribution in [1.29, 1.82) is 0 Å². The molecule has 0 unspecified atom stereocenters. The van der Waals surface area contributed by atoms with Crippen molar-refractivity contribution in [3.05, 3.63) is 53.9 Å². The summed E-state index contributed by atoms with van der Waals surface area (Å²) in [6, 6.07) is 12.1. The fraction of sp³-hybridized carbons (Fsp3) is 0.100. The molecule has 0 aliphatic rings. The molecular formula is C10H9ClN2. The summed E-state index contributed by atoms with van der Waals surface area (Å²) in [6.45, 7) is 0. The quantitative estimate of drug-likeness (QED) is 0.715. The molecule has 0 fully saturated rings. The molecule has 2 nitrogen and oxygen atoms in total. The number of rotatable bonds is 2. The lowest BCUT2D eigenvalue weighted by Gasteiger charge is -1.95. The third-order valence-electron chi connectivity index (χ3n) is 1.84. The molecule has 0 aliphatic heterocycles. The van der Waals surface area contributed by atoms with Crippen LogP contribution in [0.3, 0.4) is 0 Å². The van der Waals surface area contributed by atoms with Crippen LogP contribution in [-0.2, 0) is 6.42 Å². The third kappa shape index (κ3) is 2.10. The van der Waals surface area contributed by atoms with Gasteiger partial charge in [0.1, 0.15) is 0 Å². The van der Waals surface area contributed by atoms with E-state index in [0.29, 0.717) is 0 Å². The molecule has 66 valence electrons. The fourth-order valence-corrected chi connectivity index (χ4v) is 1.39. The standard InChI is InChI=1S/C10H9ClN2/c11-13-7-6-10(12-13)8-9-4-2-1-3-5-9/h1-7H,8H2. The smallest absolute Gasteiger partial charge is 0.0683 e. The highest BCUT2D eigenvalue weighted by molar-refractivity contribution is 6.14. The van der Waals surface area contributed by atoms with Gasteiger partial charge in [-0.2, -0.15) is 9.30 Å². The van der Waals surface area contributed by atoms with Crippen LogP contribution in [0.4, 0.5) is 0 Å². The summed E-state index contributed by atoms with van der Waals surface area (Å²) in [6.07, 6.45) is 2.57. The maximum absolute atomic E-state index is 5.63. The number of halogens is 1. The predicted octanol–water partition coefficient (Wildman–Crippen LogP) is 2.48. The van der Waals surface area contributed by atoms with E-state index in [0.717, 1.165) is 12.1 Å². The molecule has 1 aromatic heterocycles. The summed E-state index contributed by atoms with van der Waals surface area (Å²) >= 11 is 5.63. The third-order valence-corrected chi connectivity index (χ3v) is 2.03. The Labute approximate surface area is 81.9 Å². The van der Waals surface area contributed by atoms with Crippen LogP contribution in [0.25, 0.3) is 0 Å². The van der Waals surface area contributed by atoms with E-state index in [1.54, 1.807) is 6.20 Å². The van der Waals surface area contributed by atoms with Crippen molar-refractivity contribution in [2.75, 3.05) is 0 Å². The second-order valence-corrected chi connectivity index (χ2v) is 3.20. The zero-order valence-corrected chi connectivity index (χ0v) is 7.78. The number of nitrogens with zero attached hydrogens (tertiary/aromatic N) is 2. The van der Waals surface area contributed by atoms with Gasteiger partial charge in [0.2, 0.25) is 0 Å². The van der Waals surface area contributed by atoms with Gasteiger partial charge in [0.15, 0.2) is 0 Å². The van der Waals surface area contributed by atoms with Crippen molar-refractivity contribution in [2.45, 2.75) is 6.42 Å². The zero-order chi connectivity index (χ0) is 9.10. The molecule has 0 saturated carbocycles. The Balaban J connectivity index is 2.15. The first-order chi connectivity index (χ1) is 6.34. The van der Waals surface area contributed by atoms with Gasteiger partial charge in [-0.3, -0.25) is 0 Å². The number of hydrogen-bond donors (Lipinski definition) is 0. The van der Waals surface area contributed by atoms with Gasteiger partial charge in [0, 0.05) is 24.4 Å². The molecule has 2 rings (SSSR count). The summed E-state index contributed by atoms with van der Waals surface area (Å²) in [5, 5.41) is 4.09. The first kappa shape index (κ1) is 8.32. The van der Waals surface area contributed by atoms with Crippen molar-refractivity contribution >= 4 is 11.8 Å². The van der Waals surface area contributed by atoms with E-state index in [-0.39, 0.29) is 0 Å². The molecule has 1 heterocycles. The van der Waals surface area contributed by atoms with E-state index >= 15 is 0 Å². The summed E-state index contributed by atoms with van der Waals surface area (Å²) in [5.41, 5.74) is 2.24. The Hall–Kier alpha value is -1.28. The highest BCUT2D eigenvalue weighted by Gasteiger charge is 1.98. The van der Waals surface area contributed by atoms with E-state index in [4.69, 9.17) is 11.8 Å². The highest BCUT2D eigenvalue weighted by atomic mass is 35.5. The van der Waals surface area contributed by atoms with Gasteiger partial charge in [0.05, 0.1) is 5.69 Å². The zero-order valence-electron chi connectivity index (χ0n) is 7.02. The minimum Gasteiger partial charge on any atom is -0.180 e. The van der Waals surface area contributed by atoms with Crippen molar-refractivity contribution in [2.24, 2.45) is 0 Å². The van der Waals surface area contributed by atoms with Crippen LogP contribution in [0, 0.1) is 0 Å². The Kier molecular flexibility index (Phi) is 2.32. The summed E-state index contributed by atoms with van der Waals surface area (Å²) in [7, 11) is 0. The molecule has 0 radical (unpaired) electrons. The average molecular weight is 193 g/mol. The number of hydrogen-bond acceptors (Lipinski definition) is 1. The van der Waals surface area contributed by atoms with E-state index in [9.17, 15) is 0 Å². The van der Waals surface area contributed by atoms with Gasteiger partial charge in [0.25, 0.3) is 0 Å². The van der Waals surface area contributed by atoms with Gasteiger partial charge >= 0.3 is 0 Å². The monoisotopic (exact) mass is 192 g/mol. The van der Waals surface area contributed by atoms with E-state index in [1.807, 2.05) is 24.3 Å². The minimum atomic E-state index is 0.834. The molecule has 0 atom stereocenters. The Bertz CT molecular complexity index is 381. The van der Waals surface area contributed by atoms with Crippen LogP contribution < -0.4 is 0 Å². The fourth-order valence-electron chi connectivity index (χ4n) is 1.24. The maximum atomic E-state index is 5.63. The second kappa shape index (κ2) is 3.62. The number of aromatic nitrogens is 2. The van der Waals surface area contributed by atoms with Crippen LogP contribution in [0.15, 0.2) is 42.6 Å². The van der Waals surface area contributed by atoms with Crippen molar-refractivity contribution in [1.82, 2.24) is 9.30 Å². The summed E-state index contributed by atoms with van der Waals surface area (Å²) < 4.78 is 1.30. The summed E-state index contributed by atoms with van der Waals surface area (Å²) in [4.78, 5) is 0. The first-order valence-electron chi connectivity index (χ1n) is 4.09. The Morgan fingerprint density at radius 3 is 2.54 bits per heavy atom. The van der Waals surface area contributed by atoms with Gasteiger partial charge in [-0.25, -0.2) is 0 Å². The molecule has 0 bridgehead atoms. The van der Waals surface area contributed by atoms with Crippen molar-refractivity contribution < 1.29 is 0 Å². The number of benzene rings is 1. The lowest BCUT2D eigenvalue weighted by molar-refractivity contribution is 0.934. The highest BCUT2D eigenvalue weighted by Crippen LogP contribution is 2.06. The van der Waals surface area contributed by atoms with Gasteiger partial charge < -0.3 is 0 Å². The van der Waals surface area contributed by atoms with Crippen LogP contribution in [0.1, 0.15) is 11.3 Å². The second-order valence-electron chi connectivity index (χ2n) is 2.86. The average Bonchev–Trinajstić information content (AvgIpc) is 2.53. The lowest BCUT2D eigenvalue weighted by Crippen LogP contribution is -1.89. The van der Waals surface area contributed by atoms with Gasteiger partial charge in [-0.1, -0.05) is 30.3 Å². The Morgan fingerprint density at radius 2 is 1.92 bits per heavy atom. The molecule has 0 N–H and O–H groups in total.